The van der Waals surface area contributed by atoms with Gasteiger partial charge in [-0.3, -0.25) is 4.79 Å². The van der Waals surface area contributed by atoms with Crippen molar-refractivity contribution in [1.29, 1.82) is 0 Å². The molecule has 4 rings (SSSR count). The molecule has 2 aliphatic rings. The number of carbonyl (C=O) groups is 2. The SMILES string of the molecule is CCOc1ccc(N2C(=NC(=O)[C@H](Cc3ccccc3)NC(=O)OC(C)(C)C)S[C@H]3CS(=O)(=O)C[C@H]32)cc1. The summed E-state index contributed by atoms with van der Waals surface area (Å²) in [6.45, 7) is 7.66. The minimum atomic E-state index is -3.21. The Hall–Kier alpha value is -3.05. The van der Waals surface area contributed by atoms with Crippen molar-refractivity contribution in [3.05, 3.63) is 60.2 Å². The van der Waals surface area contributed by atoms with Crippen molar-refractivity contribution in [3.63, 3.8) is 0 Å². The highest BCUT2D eigenvalue weighted by Gasteiger charge is 2.49. The number of thioether (sulfide) groups is 1. The lowest BCUT2D eigenvalue weighted by molar-refractivity contribution is -0.119. The molecule has 0 radical (unpaired) electrons. The number of amidine groups is 1. The number of aliphatic imine (C=N–C) groups is 1. The molecule has 0 aliphatic carbocycles. The molecule has 3 atom stereocenters. The Kier molecular flexibility index (Phi) is 8.37. The van der Waals surface area contributed by atoms with E-state index in [1.165, 1.54) is 11.8 Å². The van der Waals surface area contributed by atoms with Gasteiger partial charge >= 0.3 is 6.09 Å². The van der Waals surface area contributed by atoms with Crippen LogP contribution in [0.25, 0.3) is 0 Å². The van der Waals surface area contributed by atoms with Gasteiger partial charge in [0.2, 0.25) is 0 Å². The van der Waals surface area contributed by atoms with Crippen LogP contribution in [0.5, 0.6) is 5.75 Å². The van der Waals surface area contributed by atoms with Gasteiger partial charge < -0.3 is 19.7 Å². The molecule has 2 saturated heterocycles. The smallest absolute Gasteiger partial charge is 0.408 e. The molecule has 204 valence electrons. The summed E-state index contributed by atoms with van der Waals surface area (Å²) in [6.07, 6.45) is -0.484. The molecule has 0 bridgehead atoms. The zero-order valence-corrected chi connectivity index (χ0v) is 23.6. The second kappa shape index (κ2) is 11.4. The number of fused-ring (bicyclic) bond motifs is 1. The highest BCUT2D eigenvalue weighted by molar-refractivity contribution is 8.16. The maximum absolute atomic E-state index is 13.5. The summed E-state index contributed by atoms with van der Waals surface area (Å²) in [4.78, 5) is 32.4. The van der Waals surface area contributed by atoms with E-state index in [9.17, 15) is 18.0 Å². The zero-order chi connectivity index (χ0) is 27.5. The van der Waals surface area contributed by atoms with E-state index in [2.05, 4.69) is 10.3 Å². The van der Waals surface area contributed by atoms with Crippen LogP contribution in [0.2, 0.25) is 0 Å². The van der Waals surface area contributed by atoms with E-state index in [0.717, 1.165) is 11.3 Å². The Bertz CT molecular complexity index is 1290. The topological polar surface area (TPSA) is 114 Å². The highest BCUT2D eigenvalue weighted by atomic mass is 32.2. The van der Waals surface area contributed by atoms with Gasteiger partial charge in [-0.25, -0.2) is 13.2 Å². The van der Waals surface area contributed by atoms with Gasteiger partial charge in [0.25, 0.3) is 5.91 Å². The lowest BCUT2D eigenvalue weighted by atomic mass is 10.1. The van der Waals surface area contributed by atoms with E-state index in [1.54, 1.807) is 20.8 Å². The fraction of sp³-hybridized carbons (Fsp3) is 0.444. The van der Waals surface area contributed by atoms with Crippen LogP contribution in [0, 0.1) is 0 Å². The molecule has 2 aromatic carbocycles. The third-order valence-corrected chi connectivity index (χ3v) is 9.18. The van der Waals surface area contributed by atoms with Gasteiger partial charge in [0.15, 0.2) is 15.0 Å². The summed E-state index contributed by atoms with van der Waals surface area (Å²) in [6, 6.07) is 15.3. The first-order valence-corrected chi connectivity index (χ1v) is 15.2. The Balaban J connectivity index is 1.64. The van der Waals surface area contributed by atoms with E-state index < -0.39 is 33.5 Å². The number of hydrogen-bond donors (Lipinski definition) is 1. The number of nitrogens with one attached hydrogen (secondary N) is 1. The van der Waals surface area contributed by atoms with Gasteiger partial charge in [-0.1, -0.05) is 42.1 Å². The minimum Gasteiger partial charge on any atom is -0.494 e. The van der Waals surface area contributed by atoms with Crippen LogP contribution in [0.15, 0.2) is 59.6 Å². The van der Waals surface area contributed by atoms with Crippen molar-refractivity contribution >= 4 is 44.5 Å². The number of rotatable bonds is 7. The number of alkyl carbamates (subject to hydrolysis) is 1. The summed E-state index contributed by atoms with van der Waals surface area (Å²) >= 11 is 1.28. The number of anilines is 1. The van der Waals surface area contributed by atoms with Crippen molar-refractivity contribution in [2.24, 2.45) is 4.99 Å². The van der Waals surface area contributed by atoms with Gasteiger partial charge in [0, 0.05) is 17.4 Å². The van der Waals surface area contributed by atoms with Gasteiger partial charge in [-0.15, -0.1) is 0 Å². The van der Waals surface area contributed by atoms with Crippen LogP contribution < -0.4 is 15.0 Å². The van der Waals surface area contributed by atoms with E-state index >= 15 is 0 Å². The lowest BCUT2D eigenvalue weighted by Crippen LogP contribution is -2.45. The summed E-state index contributed by atoms with van der Waals surface area (Å²) in [5.74, 6) is 0.153. The molecular formula is C27H33N3O6S2. The number of benzene rings is 2. The van der Waals surface area contributed by atoms with Gasteiger partial charge in [-0.2, -0.15) is 4.99 Å². The van der Waals surface area contributed by atoms with Crippen LogP contribution >= 0.6 is 11.8 Å². The number of amides is 2. The minimum absolute atomic E-state index is 0.0192. The predicted molar refractivity (Wildman–Crippen MR) is 150 cm³/mol. The van der Waals surface area contributed by atoms with Crippen molar-refractivity contribution in [2.75, 3.05) is 23.0 Å². The van der Waals surface area contributed by atoms with Crippen LogP contribution in [-0.4, -0.2) is 66.6 Å². The molecule has 0 unspecified atom stereocenters. The Morgan fingerprint density at radius 2 is 1.79 bits per heavy atom. The fourth-order valence-corrected chi connectivity index (χ4v) is 8.33. The molecule has 9 nitrogen and oxygen atoms in total. The Morgan fingerprint density at radius 3 is 2.42 bits per heavy atom. The van der Waals surface area contributed by atoms with E-state index in [1.807, 2.05) is 66.4 Å². The fourth-order valence-electron chi connectivity index (χ4n) is 4.41. The monoisotopic (exact) mass is 559 g/mol. The number of ether oxygens (including phenoxy) is 2. The number of carbonyl (C=O) groups excluding carboxylic acids is 2. The summed E-state index contributed by atoms with van der Waals surface area (Å²) in [5.41, 5.74) is 0.842. The average molecular weight is 560 g/mol. The third-order valence-electron chi connectivity index (χ3n) is 5.97. The Labute approximate surface area is 227 Å². The molecule has 0 aromatic heterocycles. The summed E-state index contributed by atoms with van der Waals surface area (Å²) in [5, 5.41) is 2.84. The first kappa shape index (κ1) is 28.0. The predicted octanol–water partition coefficient (Wildman–Crippen LogP) is 3.82. The first-order chi connectivity index (χ1) is 17.9. The molecule has 1 N–H and O–H groups in total. The van der Waals surface area contributed by atoms with Crippen LogP contribution in [0.3, 0.4) is 0 Å². The van der Waals surface area contributed by atoms with Crippen molar-refractivity contribution in [2.45, 2.75) is 57.1 Å². The number of nitrogens with zero attached hydrogens (tertiary/aromatic N) is 2. The maximum atomic E-state index is 13.5. The normalized spacial score (nSPS) is 22.1. The summed E-state index contributed by atoms with van der Waals surface area (Å²) in [7, 11) is -3.21. The molecule has 2 aliphatic heterocycles. The van der Waals surface area contributed by atoms with Gasteiger partial charge in [0.05, 0.1) is 24.2 Å². The highest BCUT2D eigenvalue weighted by Crippen LogP contribution is 2.41. The van der Waals surface area contributed by atoms with Crippen LogP contribution in [-0.2, 0) is 25.8 Å². The van der Waals surface area contributed by atoms with Crippen molar-refractivity contribution < 1.29 is 27.5 Å². The van der Waals surface area contributed by atoms with Crippen LogP contribution in [0.1, 0.15) is 33.3 Å². The standard InChI is InChI=1S/C27H33N3O6S2/c1-5-35-20-13-11-19(12-14-20)30-22-16-38(33,34)17-23(22)37-25(30)29-24(31)21(15-18-9-7-6-8-10-18)28-26(32)36-27(2,3)4/h6-14,21-23H,5,15-17H2,1-4H3,(H,28,32)/t21-,22+,23-/m0/s1. The molecule has 0 saturated carbocycles. The average Bonchev–Trinajstić information content (AvgIpc) is 3.29. The van der Waals surface area contributed by atoms with Gasteiger partial charge in [0.1, 0.15) is 17.4 Å². The van der Waals surface area contributed by atoms with E-state index in [4.69, 9.17) is 9.47 Å². The molecule has 38 heavy (non-hydrogen) atoms. The second-order valence-corrected chi connectivity index (χ2v) is 13.6. The van der Waals surface area contributed by atoms with Crippen molar-refractivity contribution in [3.8, 4) is 5.75 Å². The second-order valence-electron chi connectivity index (χ2n) is 10.2. The number of sulfone groups is 1. The quantitative estimate of drug-likeness (QED) is 0.545. The Morgan fingerprint density at radius 1 is 1.11 bits per heavy atom. The molecule has 0 spiro atoms. The summed E-state index contributed by atoms with van der Waals surface area (Å²) < 4.78 is 35.7. The lowest BCUT2D eigenvalue weighted by Gasteiger charge is -2.25. The first-order valence-electron chi connectivity index (χ1n) is 12.5. The van der Waals surface area contributed by atoms with E-state index in [0.29, 0.717) is 17.5 Å². The molecule has 11 heteroatoms. The third kappa shape index (κ3) is 7.08. The van der Waals surface area contributed by atoms with Crippen LogP contribution in [0.4, 0.5) is 10.5 Å². The maximum Gasteiger partial charge on any atom is 0.408 e. The molecule has 2 heterocycles. The molecule has 2 fully saturated rings. The van der Waals surface area contributed by atoms with E-state index in [-0.39, 0.29) is 29.2 Å². The number of hydrogen-bond acceptors (Lipinski definition) is 7. The van der Waals surface area contributed by atoms with Gasteiger partial charge in [-0.05, 0) is 57.5 Å². The molecular weight excluding hydrogens is 526 g/mol. The molecule has 2 aromatic rings. The van der Waals surface area contributed by atoms with Crippen molar-refractivity contribution in [1.82, 2.24) is 5.32 Å². The largest absolute Gasteiger partial charge is 0.494 e. The zero-order valence-electron chi connectivity index (χ0n) is 21.9. The molecule has 2 amide bonds.